The minimum atomic E-state index is 0.623. The number of hydrogen-bond acceptors (Lipinski definition) is 4. The summed E-state index contributed by atoms with van der Waals surface area (Å²) >= 11 is 0. The van der Waals surface area contributed by atoms with Crippen molar-refractivity contribution in [1.29, 1.82) is 0 Å². The third kappa shape index (κ3) is 3.36. The van der Waals surface area contributed by atoms with Gasteiger partial charge in [-0.25, -0.2) is 4.98 Å². The van der Waals surface area contributed by atoms with Crippen molar-refractivity contribution in [2.75, 3.05) is 13.2 Å². The van der Waals surface area contributed by atoms with Crippen molar-refractivity contribution in [3.05, 3.63) is 42.0 Å². The van der Waals surface area contributed by atoms with Crippen LogP contribution in [0.3, 0.4) is 0 Å². The minimum Gasteiger partial charge on any atom is -0.486 e. The fourth-order valence-corrected chi connectivity index (χ4v) is 2.47. The van der Waals surface area contributed by atoms with Crippen molar-refractivity contribution in [2.45, 2.75) is 33.0 Å². The molecular formula is C16H21N3O2. The van der Waals surface area contributed by atoms with E-state index in [2.05, 4.69) is 27.9 Å². The molecule has 0 radical (unpaired) electrons. The van der Waals surface area contributed by atoms with Crippen LogP contribution in [0.4, 0.5) is 0 Å². The predicted octanol–water partition coefficient (Wildman–Crippen LogP) is 2.35. The lowest BCUT2D eigenvalue weighted by molar-refractivity contribution is 0.171. The van der Waals surface area contributed by atoms with Crippen LogP contribution in [0, 0.1) is 0 Å². The molecule has 0 amide bonds. The Morgan fingerprint density at radius 2 is 2.05 bits per heavy atom. The lowest BCUT2D eigenvalue weighted by Crippen LogP contribution is -2.18. The number of ether oxygens (including phenoxy) is 2. The van der Waals surface area contributed by atoms with E-state index in [9.17, 15) is 0 Å². The van der Waals surface area contributed by atoms with Crippen LogP contribution in [0.5, 0.6) is 11.5 Å². The number of imidazole rings is 1. The predicted molar refractivity (Wildman–Crippen MR) is 80.5 cm³/mol. The van der Waals surface area contributed by atoms with Crippen LogP contribution in [-0.2, 0) is 19.6 Å². The molecule has 2 aromatic rings. The van der Waals surface area contributed by atoms with Crippen LogP contribution in [0.2, 0.25) is 0 Å². The van der Waals surface area contributed by atoms with Crippen molar-refractivity contribution >= 4 is 0 Å². The quantitative estimate of drug-likeness (QED) is 0.886. The summed E-state index contributed by atoms with van der Waals surface area (Å²) in [5.41, 5.74) is 1.19. The van der Waals surface area contributed by atoms with Gasteiger partial charge in [-0.05, 0) is 24.1 Å². The van der Waals surface area contributed by atoms with E-state index in [0.717, 1.165) is 43.4 Å². The molecule has 1 aliphatic rings. The molecule has 5 nitrogen and oxygen atoms in total. The summed E-state index contributed by atoms with van der Waals surface area (Å²) in [4.78, 5) is 4.39. The Morgan fingerprint density at radius 1 is 1.19 bits per heavy atom. The van der Waals surface area contributed by atoms with Gasteiger partial charge in [-0.2, -0.15) is 0 Å². The van der Waals surface area contributed by atoms with Crippen molar-refractivity contribution in [2.24, 2.45) is 0 Å². The third-order valence-electron chi connectivity index (χ3n) is 3.49. The Hall–Kier alpha value is -2.01. The van der Waals surface area contributed by atoms with Crippen LogP contribution in [-0.4, -0.2) is 22.8 Å². The average molecular weight is 287 g/mol. The molecule has 1 aromatic heterocycles. The van der Waals surface area contributed by atoms with E-state index in [-0.39, 0.29) is 0 Å². The van der Waals surface area contributed by atoms with Gasteiger partial charge in [-0.3, -0.25) is 0 Å². The van der Waals surface area contributed by atoms with Gasteiger partial charge in [0.1, 0.15) is 19.0 Å². The van der Waals surface area contributed by atoms with Gasteiger partial charge in [0.2, 0.25) is 0 Å². The second-order valence-electron chi connectivity index (χ2n) is 5.12. The van der Waals surface area contributed by atoms with Crippen LogP contribution in [0.15, 0.2) is 30.6 Å². The molecule has 5 heteroatoms. The maximum Gasteiger partial charge on any atom is 0.161 e. The lowest BCUT2D eigenvalue weighted by atomic mass is 10.2. The lowest BCUT2D eigenvalue weighted by Gasteiger charge is -2.19. The van der Waals surface area contributed by atoms with Crippen LogP contribution in [0.1, 0.15) is 24.7 Å². The Bertz CT molecular complexity index is 595. The fraction of sp³-hybridized carbons (Fsp3) is 0.438. The average Bonchev–Trinajstić information content (AvgIpc) is 2.95. The molecule has 0 atom stereocenters. The second-order valence-corrected chi connectivity index (χ2v) is 5.12. The van der Waals surface area contributed by atoms with Gasteiger partial charge in [0.25, 0.3) is 0 Å². The molecule has 21 heavy (non-hydrogen) atoms. The molecule has 1 N–H and O–H groups in total. The summed E-state index contributed by atoms with van der Waals surface area (Å²) in [6.45, 7) is 5.99. The topological polar surface area (TPSA) is 48.3 Å². The normalized spacial score (nSPS) is 13.4. The number of benzene rings is 1. The molecule has 0 aliphatic carbocycles. The van der Waals surface area contributed by atoms with E-state index in [1.807, 2.05) is 24.5 Å². The van der Waals surface area contributed by atoms with Gasteiger partial charge in [0.15, 0.2) is 11.5 Å². The Morgan fingerprint density at radius 3 is 2.90 bits per heavy atom. The number of nitrogens with one attached hydrogen (secondary N) is 1. The Labute approximate surface area is 124 Å². The smallest absolute Gasteiger partial charge is 0.161 e. The number of rotatable bonds is 6. The zero-order valence-corrected chi connectivity index (χ0v) is 12.3. The van der Waals surface area contributed by atoms with Crippen LogP contribution >= 0.6 is 0 Å². The summed E-state index contributed by atoms with van der Waals surface area (Å²) in [6, 6.07) is 6.09. The minimum absolute atomic E-state index is 0.623. The van der Waals surface area contributed by atoms with Crippen molar-refractivity contribution in [3.8, 4) is 11.5 Å². The standard InChI is InChI=1S/C16H21N3O2/c1-2-6-19-7-5-18-16(19)12-17-11-13-3-4-14-15(10-13)21-9-8-20-14/h3-5,7,10,17H,2,6,8-9,11-12H2,1H3. The number of fused-ring (bicyclic) bond motifs is 1. The molecule has 0 fully saturated rings. The van der Waals surface area contributed by atoms with Gasteiger partial charge in [0.05, 0.1) is 6.54 Å². The molecule has 1 aliphatic heterocycles. The molecule has 3 rings (SSSR count). The zero-order chi connectivity index (χ0) is 14.5. The van der Waals surface area contributed by atoms with E-state index in [4.69, 9.17) is 9.47 Å². The molecule has 0 unspecified atom stereocenters. The molecule has 2 heterocycles. The largest absolute Gasteiger partial charge is 0.486 e. The Balaban J connectivity index is 1.56. The first-order valence-electron chi connectivity index (χ1n) is 7.46. The summed E-state index contributed by atoms with van der Waals surface area (Å²) in [7, 11) is 0. The first-order valence-corrected chi connectivity index (χ1v) is 7.46. The maximum absolute atomic E-state index is 5.60. The van der Waals surface area contributed by atoms with Crippen LogP contribution < -0.4 is 14.8 Å². The van der Waals surface area contributed by atoms with Gasteiger partial charge >= 0.3 is 0 Å². The fourth-order valence-electron chi connectivity index (χ4n) is 2.47. The highest BCUT2D eigenvalue weighted by atomic mass is 16.6. The molecule has 0 spiro atoms. The number of aryl methyl sites for hydroxylation is 1. The summed E-state index contributed by atoms with van der Waals surface area (Å²) in [5.74, 6) is 2.76. The SMILES string of the molecule is CCCn1ccnc1CNCc1ccc2c(c1)OCCO2. The molecule has 1 aromatic carbocycles. The number of hydrogen-bond donors (Lipinski definition) is 1. The first kappa shape index (κ1) is 13.9. The van der Waals surface area contributed by atoms with Crippen molar-refractivity contribution < 1.29 is 9.47 Å². The number of nitrogens with zero attached hydrogens (tertiary/aromatic N) is 2. The molecule has 0 saturated heterocycles. The van der Waals surface area contributed by atoms with Gasteiger partial charge in [-0.1, -0.05) is 13.0 Å². The van der Waals surface area contributed by atoms with Crippen molar-refractivity contribution in [3.63, 3.8) is 0 Å². The van der Waals surface area contributed by atoms with Gasteiger partial charge in [0, 0.05) is 25.5 Å². The molecule has 0 bridgehead atoms. The Kier molecular flexibility index (Phi) is 4.40. The monoisotopic (exact) mass is 287 g/mol. The second kappa shape index (κ2) is 6.63. The molecule has 112 valence electrons. The molecule has 0 saturated carbocycles. The van der Waals surface area contributed by atoms with Crippen LogP contribution in [0.25, 0.3) is 0 Å². The van der Waals surface area contributed by atoms with E-state index in [1.54, 1.807) is 0 Å². The summed E-state index contributed by atoms with van der Waals surface area (Å²) < 4.78 is 13.3. The summed E-state index contributed by atoms with van der Waals surface area (Å²) in [6.07, 6.45) is 5.01. The van der Waals surface area contributed by atoms with E-state index < -0.39 is 0 Å². The number of aromatic nitrogens is 2. The van der Waals surface area contributed by atoms with E-state index >= 15 is 0 Å². The van der Waals surface area contributed by atoms with Gasteiger partial charge < -0.3 is 19.4 Å². The third-order valence-corrected chi connectivity index (χ3v) is 3.49. The highest BCUT2D eigenvalue weighted by Gasteiger charge is 2.11. The van der Waals surface area contributed by atoms with E-state index in [0.29, 0.717) is 13.2 Å². The van der Waals surface area contributed by atoms with Crippen molar-refractivity contribution in [1.82, 2.24) is 14.9 Å². The highest BCUT2D eigenvalue weighted by molar-refractivity contribution is 5.43. The van der Waals surface area contributed by atoms with E-state index in [1.165, 1.54) is 5.56 Å². The summed E-state index contributed by atoms with van der Waals surface area (Å²) in [5, 5.41) is 3.43. The first-order chi connectivity index (χ1) is 10.4. The van der Waals surface area contributed by atoms with Gasteiger partial charge in [-0.15, -0.1) is 0 Å². The zero-order valence-electron chi connectivity index (χ0n) is 12.3. The molecular weight excluding hydrogens is 266 g/mol. The highest BCUT2D eigenvalue weighted by Crippen LogP contribution is 2.30. The maximum atomic E-state index is 5.60.